The summed E-state index contributed by atoms with van der Waals surface area (Å²) in [5.74, 6) is 0.806. The normalized spacial score (nSPS) is 11.0. The van der Waals surface area contributed by atoms with Crippen molar-refractivity contribution in [2.45, 2.75) is 20.8 Å². The predicted octanol–water partition coefficient (Wildman–Crippen LogP) is 0.948. The van der Waals surface area contributed by atoms with Crippen LogP contribution in [0.15, 0.2) is 10.9 Å². The standard InChI is InChI=1S/C9H11N3O/c1-5-4-6(2)12-7(3)10-11-9(13)8(5)12/h4H,1-3H3,(H,11,13). The monoisotopic (exact) mass is 177 g/mol. The van der Waals surface area contributed by atoms with Gasteiger partial charge in [-0.2, -0.15) is 5.10 Å². The van der Waals surface area contributed by atoms with Gasteiger partial charge in [0.2, 0.25) is 0 Å². The van der Waals surface area contributed by atoms with Crippen LogP contribution in [0.5, 0.6) is 0 Å². The van der Waals surface area contributed by atoms with Crippen LogP contribution in [0.1, 0.15) is 17.1 Å². The highest BCUT2D eigenvalue weighted by Crippen LogP contribution is 2.12. The van der Waals surface area contributed by atoms with Crippen LogP contribution in [-0.4, -0.2) is 14.6 Å². The third-order valence-electron chi connectivity index (χ3n) is 2.23. The summed E-state index contributed by atoms with van der Waals surface area (Å²) in [6.07, 6.45) is 0. The molecule has 0 saturated carbocycles. The molecule has 2 heterocycles. The fourth-order valence-electron chi connectivity index (χ4n) is 1.73. The Morgan fingerprint density at radius 2 is 2.08 bits per heavy atom. The summed E-state index contributed by atoms with van der Waals surface area (Å²) < 4.78 is 1.87. The van der Waals surface area contributed by atoms with Crippen molar-refractivity contribution < 1.29 is 0 Å². The third-order valence-corrected chi connectivity index (χ3v) is 2.23. The number of nitrogens with one attached hydrogen (secondary N) is 1. The van der Waals surface area contributed by atoms with Crippen molar-refractivity contribution in [3.05, 3.63) is 33.5 Å². The average molecular weight is 177 g/mol. The largest absolute Gasteiger partial charge is 0.296 e. The van der Waals surface area contributed by atoms with Gasteiger partial charge in [0.05, 0.1) is 0 Å². The highest BCUT2D eigenvalue weighted by molar-refractivity contribution is 5.55. The number of rotatable bonds is 0. The highest BCUT2D eigenvalue weighted by Gasteiger charge is 2.08. The molecule has 0 aromatic carbocycles. The molecule has 0 amide bonds. The quantitative estimate of drug-likeness (QED) is 0.651. The van der Waals surface area contributed by atoms with Crippen LogP contribution < -0.4 is 5.56 Å². The number of H-pyrrole nitrogens is 1. The maximum absolute atomic E-state index is 11.4. The number of aromatic nitrogens is 3. The van der Waals surface area contributed by atoms with Crippen LogP contribution in [0, 0.1) is 20.8 Å². The van der Waals surface area contributed by atoms with Gasteiger partial charge in [-0.3, -0.25) is 9.20 Å². The van der Waals surface area contributed by atoms with E-state index in [-0.39, 0.29) is 5.56 Å². The van der Waals surface area contributed by atoms with Crippen molar-refractivity contribution in [1.82, 2.24) is 14.6 Å². The minimum Gasteiger partial charge on any atom is -0.296 e. The summed E-state index contributed by atoms with van der Waals surface area (Å²) in [6.45, 7) is 5.76. The van der Waals surface area contributed by atoms with Crippen molar-refractivity contribution in [3.63, 3.8) is 0 Å². The zero-order valence-corrected chi connectivity index (χ0v) is 7.88. The number of aryl methyl sites for hydroxylation is 3. The molecule has 0 aliphatic heterocycles. The van der Waals surface area contributed by atoms with E-state index in [0.29, 0.717) is 5.52 Å². The minimum atomic E-state index is -0.129. The van der Waals surface area contributed by atoms with Gasteiger partial charge in [-0.05, 0) is 32.4 Å². The Kier molecular flexibility index (Phi) is 1.52. The van der Waals surface area contributed by atoms with Crippen LogP contribution in [0.25, 0.3) is 5.52 Å². The van der Waals surface area contributed by atoms with Crippen LogP contribution in [0.2, 0.25) is 0 Å². The minimum absolute atomic E-state index is 0.129. The molecule has 0 aliphatic rings. The van der Waals surface area contributed by atoms with Gasteiger partial charge in [-0.25, -0.2) is 5.10 Å². The van der Waals surface area contributed by atoms with E-state index >= 15 is 0 Å². The van der Waals surface area contributed by atoms with E-state index in [0.717, 1.165) is 17.1 Å². The number of aromatic amines is 1. The molecule has 2 aromatic rings. The fourth-order valence-corrected chi connectivity index (χ4v) is 1.73. The summed E-state index contributed by atoms with van der Waals surface area (Å²) >= 11 is 0. The molecule has 4 heteroatoms. The molecule has 0 fully saturated rings. The fraction of sp³-hybridized carbons (Fsp3) is 0.333. The van der Waals surface area contributed by atoms with E-state index in [1.54, 1.807) is 0 Å². The topological polar surface area (TPSA) is 50.2 Å². The van der Waals surface area contributed by atoms with E-state index in [9.17, 15) is 4.79 Å². The van der Waals surface area contributed by atoms with Gasteiger partial charge >= 0.3 is 0 Å². The molecular formula is C9H11N3O. The Morgan fingerprint density at radius 1 is 1.38 bits per heavy atom. The van der Waals surface area contributed by atoms with E-state index in [1.165, 1.54) is 0 Å². The smallest absolute Gasteiger partial charge is 0.288 e. The first kappa shape index (κ1) is 8.04. The molecule has 0 radical (unpaired) electrons. The van der Waals surface area contributed by atoms with Crippen molar-refractivity contribution in [1.29, 1.82) is 0 Å². The molecule has 0 bridgehead atoms. The summed E-state index contributed by atoms with van der Waals surface area (Å²) in [7, 11) is 0. The van der Waals surface area contributed by atoms with Gasteiger partial charge in [0.25, 0.3) is 5.56 Å². The Hall–Kier alpha value is -1.58. The maximum Gasteiger partial charge on any atom is 0.288 e. The number of nitrogens with zero attached hydrogens (tertiary/aromatic N) is 2. The van der Waals surface area contributed by atoms with Gasteiger partial charge in [0, 0.05) is 5.69 Å². The predicted molar refractivity (Wildman–Crippen MR) is 50.0 cm³/mol. The van der Waals surface area contributed by atoms with Crippen molar-refractivity contribution in [2.24, 2.45) is 0 Å². The lowest BCUT2D eigenvalue weighted by Gasteiger charge is -2.00. The van der Waals surface area contributed by atoms with E-state index in [2.05, 4.69) is 10.2 Å². The Bertz CT molecular complexity index is 521. The number of hydrogen-bond donors (Lipinski definition) is 1. The molecule has 68 valence electrons. The third kappa shape index (κ3) is 0.983. The first-order valence-electron chi connectivity index (χ1n) is 4.15. The summed E-state index contributed by atoms with van der Waals surface area (Å²) in [6, 6.07) is 1.99. The molecule has 1 N–H and O–H groups in total. The Morgan fingerprint density at radius 3 is 2.69 bits per heavy atom. The second-order valence-corrected chi connectivity index (χ2v) is 3.25. The second kappa shape index (κ2) is 2.45. The number of hydrogen-bond acceptors (Lipinski definition) is 2. The van der Waals surface area contributed by atoms with E-state index < -0.39 is 0 Å². The van der Waals surface area contributed by atoms with E-state index in [1.807, 2.05) is 31.2 Å². The molecule has 0 aliphatic carbocycles. The molecule has 0 unspecified atom stereocenters. The molecule has 4 nitrogen and oxygen atoms in total. The van der Waals surface area contributed by atoms with Crippen LogP contribution >= 0.6 is 0 Å². The first-order valence-corrected chi connectivity index (χ1v) is 4.15. The molecule has 0 atom stereocenters. The first-order chi connectivity index (χ1) is 6.11. The molecule has 2 aromatic heterocycles. The molecular weight excluding hydrogens is 166 g/mol. The average Bonchev–Trinajstić information content (AvgIpc) is 2.36. The molecule has 0 spiro atoms. The summed E-state index contributed by atoms with van der Waals surface area (Å²) in [5.41, 5.74) is 2.61. The summed E-state index contributed by atoms with van der Waals surface area (Å²) in [4.78, 5) is 11.4. The summed E-state index contributed by atoms with van der Waals surface area (Å²) in [5, 5.41) is 6.38. The van der Waals surface area contributed by atoms with Crippen LogP contribution in [0.4, 0.5) is 0 Å². The van der Waals surface area contributed by atoms with Gasteiger partial charge in [-0.15, -0.1) is 0 Å². The maximum atomic E-state index is 11.4. The van der Waals surface area contributed by atoms with Gasteiger partial charge in [0.15, 0.2) is 0 Å². The van der Waals surface area contributed by atoms with Crippen LogP contribution in [0.3, 0.4) is 0 Å². The van der Waals surface area contributed by atoms with Gasteiger partial charge in [-0.1, -0.05) is 0 Å². The Balaban J connectivity index is 3.12. The van der Waals surface area contributed by atoms with E-state index in [4.69, 9.17) is 0 Å². The lowest BCUT2D eigenvalue weighted by atomic mass is 10.3. The number of fused-ring (bicyclic) bond motifs is 1. The zero-order chi connectivity index (χ0) is 9.59. The second-order valence-electron chi connectivity index (χ2n) is 3.25. The zero-order valence-electron chi connectivity index (χ0n) is 7.88. The molecule has 2 rings (SSSR count). The van der Waals surface area contributed by atoms with Gasteiger partial charge in [0.1, 0.15) is 11.3 Å². The van der Waals surface area contributed by atoms with Crippen LogP contribution in [-0.2, 0) is 0 Å². The lowest BCUT2D eigenvalue weighted by Crippen LogP contribution is -2.14. The highest BCUT2D eigenvalue weighted by atomic mass is 16.1. The molecule has 13 heavy (non-hydrogen) atoms. The van der Waals surface area contributed by atoms with Gasteiger partial charge < -0.3 is 0 Å². The van der Waals surface area contributed by atoms with Crippen molar-refractivity contribution >= 4 is 5.52 Å². The lowest BCUT2D eigenvalue weighted by molar-refractivity contribution is 0.846. The van der Waals surface area contributed by atoms with Crippen molar-refractivity contribution in [3.8, 4) is 0 Å². The van der Waals surface area contributed by atoms with Crippen molar-refractivity contribution in [2.75, 3.05) is 0 Å². The Labute approximate surface area is 75.2 Å². The SMILES string of the molecule is Cc1cc(C)n2c(C)n[nH]c(=O)c12. The molecule has 0 saturated heterocycles.